The summed E-state index contributed by atoms with van der Waals surface area (Å²) in [4.78, 5) is 6.35. The zero-order chi connectivity index (χ0) is 20.3. The first-order chi connectivity index (χ1) is 13.3. The molecule has 1 aliphatic rings. The van der Waals surface area contributed by atoms with E-state index in [1.807, 2.05) is 11.8 Å². The summed E-state index contributed by atoms with van der Waals surface area (Å²) >= 11 is 0. The number of anilines is 1. The van der Waals surface area contributed by atoms with Crippen molar-refractivity contribution in [1.29, 1.82) is 0 Å². The Morgan fingerprint density at radius 3 is 2.50 bits per heavy atom. The SMILES string of the molecule is CCC(F)(F)c1cccc(N2C=C(c3ccc(OC(F)F)cc3)N=C(C)C2)c1. The molecule has 2 aromatic rings. The number of hydrogen-bond acceptors (Lipinski definition) is 3. The number of rotatable bonds is 6. The van der Waals surface area contributed by atoms with Crippen LogP contribution in [0.4, 0.5) is 23.2 Å². The minimum Gasteiger partial charge on any atom is -0.435 e. The van der Waals surface area contributed by atoms with E-state index < -0.39 is 12.5 Å². The second-order valence-corrected chi connectivity index (χ2v) is 6.50. The van der Waals surface area contributed by atoms with Crippen LogP contribution in [0.15, 0.2) is 59.7 Å². The lowest BCUT2D eigenvalue weighted by molar-refractivity contribution is -0.0498. The van der Waals surface area contributed by atoms with Crippen LogP contribution in [0, 0.1) is 0 Å². The quantitative estimate of drug-likeness (QED) is 0.558. The molecule has 0 N–H and O–H groups in total. The maximum atomic E-state index is 14.1. The van der Waals surface area contributed by atoms with Gasteiger partial charge in [-0.3, -0.25) is 4.99 Å². The molecule has 1 aliphatic heterocycles. The van der Waals surface area contributed by atoms with E-state index >= 15 is 0 Å². The standard InChI is InChI=1S/C21H20F4N2O/c1-3-21(24,25)16-5-4-6-17(11-16)27-12-14(2)26-19(13-27)15-7-9-18(10-8-15)28-20(22)23/h4-11,13,20H,3,12H2,1-2H3. The molecule has 0 fully saturated rings. The highest BCUT2D eigenvalue weighted by Crippen LogP contribution is 2.34. The molecule has 0 bridgehead atoms. The Hall–Kier alpha value is -2.83. The van der Waals surface area contributed by atoms with Gasteiger partial charge in [-0.2, -0.15) is 8.78 Å². The van der Waals surface area contributed by atoms with Gasteiger partial charge in [-0.1, -0.05) is 19.1 Å². The van der Waals surface area contributed by atoms with Crippen LogP contribution in [0.3, 0.4) is 0 Å². The Kier molecular flexibility index (Phi) is 5.72. The van der Waals surface area contributed by atoms with Crippen LogP contribution >= 0.6 is 0 Å². The van der Waals surface area contributed by atoms with E-state index in [2.05, 4.69) is 9.73 Å². The lowest BCUT2D eigenvalue weighted by Crippen LogP contribution is -2.27. The largest absolute Gasteiger partial charge is 0.435 e. The van der Waals surface area contributed by atoms with Crippen LogP contribution in [0.25, 0.3) is 5.70 Å². The molecule has 28 heavy (non-hydrogen) atoms. The van der Waals surface area contributed by atoms with Gasteiger partial charge in [-0.05, 0) is 43.3 Å². The first-order valence-corrected chi connectivity index (χ1v) is 8.85. The molecule has 0 spiro atoms. The van der Waals surface area contributed by atoms with Crippen molar-refractivity contribution < 1.29 is 22.3 Å². The minimum atomic E-state index is -2.89. The molecule has 0 saturated heterocycles. The summed E-state index contributed by atoms with van der Waals surface area (Å²) in [6.07, 6.45) is 1.49. The summed E-state index contributed by atoms with van der Waals surface area (Å²) in [5.41, 5.74) is 2.73. The van der Waals surface area contributed by atoms with Gasteiger partial charge in [-0.15, -0.1) is 0 Å². The van der Waals surface area contributed by atoms with Gasteiger partial charge in [0.05, 0.1) is 12.2 Å². The maximum Gasteiger partial charge on any atom is 0.387 e. The number of nitrogens with zero attached hydrogens (tertiary/aromatic N) is 2. The highest BCUT2D eigenvalue weighted by Gasteiger charge is 2.29. The molecule has 0 amide bonds. The number of halogens is 4. The number of hydrogen-bond donors (Lipinski definition) is 0. The molecule has 0 atom stereocenters. The highest BCUT2D eigenvalue weighted by molar-refractivity contribution is 5.94. The van der Waals surface area contributed by atoms with Crippen molar-refractivity contribution in [3.05, 3.63) is 65.9 Å². The Morgan fingerprint density at radius 1 is 1.14 bits per heavy atom. The average molecular weight is 392 g/mol. The van der Waals surface area contributed by atoms with E-state index in [9.17, 15) is 17.6 Å². The fourth-order valence-corrected chi connectivity index (χ4v) is 2.94. The molecular weight excluding hydrogens is 372 g/mol. The van der Waals surface area contributed by atoms with E-state index in [-0.39, 0.29) is 17.7 Å². The molecule has 7 heteroatoms. The van der Waals surface area contributed by atoms with Crippen molar-refractivity contribution in [3.63, 3.8) is 0 Å². The van der Waals surface area contributed by atoms with E-state index in [0.717, 1.165) is 5.71 Å². The van der Waals surface area contributed by atoms with Crippen LogP contribution in [0.1, 0.15) is 31.4 Å². The van der Waals surface area contributed by atoms with Crippen LogP contribution in [-0.4, -0.2) is 18.9 Å². The van der Waals surface area contributed by atoms with Crippen molar-refractivity contribution in [3.8, 4) is 5.75 Å². The van der Waals surface area contributed by atoms with Gasteiger partial charge in [0.2, 0.25) is 0 Å². The van der Waals surface area contributed by atoms with E-state index in [0.29, 0.717) is 23.5 Å². The molecule has 1 heterocycles. The van der Waals surface area contributed by atoms with Crippen LogP contribution < -0.4 is 9.64 Å². The van der Waals surface area contributed by atoms with Gasteiger partial charge in [0, 0.05) is 35.1 Å². The molecule has 0 unspecified atom stereocenters. The number of ether oxygens (including phenoxy) is 1. The fourth-order valence-electron chi connectivity index (χ4n) is 2.94. The maximum absolute atomic E-state index is 14.1. The zero-order valence-corrected chi connectivity index (χ0v) is 15.5. The normalized spacial score (nSPS) is 14.8. The minimum absolute atomic E-state index is 0.0314. The fraction of sp³-hybridized carbons (Fsp3) is 0.286. The van der Waals surface area contributed by atoms with Crippen molar-refractivity contribution in [2.45, 2.75) is 32.8 Å². The van der Waals surface area contributed by atoms with Crippen LogP contribution in [-0.2, 0) is 5.92 Å². The molecule has 148 valence electrons. The Bertz CT molecular complexity index is 892. The van der Waals surface area contributed by atoms with E-state index in [1.165, 1.54) is 31.2 Å². The van der Waals surface area contributed by atoms with Crippen molar-refractivity contribution in [2.24, 2.45) is 4.99 Å². The predicted octanol–water partition coefficient (Wildman–Crippen LogP) is 6.07. The first kappa shape index (κ1) is 19.9. The molecule has 0 saturated carbocycles. The average Bonchev–Trinajstić information content (AvgIpc) is 2.68. The molecule has 3 rings (SSSR count). The Balaban J connectivity index is 1.89. The van der Waals surface area contributed by atoms with Crippen LogP contribution in [0.2, 0.25) is 0 Å². The molecular formula is C21H20F4N2O. The second-order valence-electron chi connectivity index (χ2n) is 6.50. The summed E-state index contributed by atoms with van der Waals surface area (Å²) in [6, 6.07) is 12.4. The Morgan fingerprint density at radius 2 is 1.86 bits per heavy atom. The number of benzene rings is 2. The van der Waals surface area contributed by atoms with Crippen molar-refractivity contribution in [2.75, 3.05) is 11.4 Å². The van der Waals surface area contributed by atoms with E-state index in [4.69, 9.17) is 0 Å². The van der Waals surface area contributed by atoms with Crippen molar-refractivity contribution in [1.82, 2.24) is 0 Å². The summed E-state index contributed by atoms with van der Waals surface area (Å²) in [6.45, 7) is 0.879. The third-order valence-electron chi connectivity index (χ3n) is 4.41. The topological polar surface area (TPSA) is 24.8 Å². The second kappa shape index (κ2) is 8.04. The summed E-state index contributed by atoms with van der Waals surface area (Å²) in [5.74, 6) is -2.83. The van der Waals surface area contributed by atoms with Gasteiger partial charge in [0.15, 0.2) is 0 Å². The molecule has 2 aromatic carbocycles. The molecule has 3 nitrogen and oxygen atoms in total. The van der Waals surface area contributed by atoms with Crippen LogP contribution in [0.5, 0.6) is 5.75 Å². The monoisotopic (exact) mass is 392 g/mol. The van der Waals surface area contributed by atoms with Crippen molar-refractivity contribution >= 4 is 17.1 Å². The third-order valence-corrected chi connectivity index (χ3v) is 4.41. The first-order valence-electron chi connectivity index (χ1n) is 8.85. The zero-order valence-electron chi connectivity index (χ0n) is 15.5. The molecule has 0 radical (unpaired) electrons. The molecule has 0 aromatic heterocycles. The summed E-state index contributed by atoms with van der Waals surface area (Å²) < 4.78 is 57.1. The summed E-state index contributed by atoms with van der Waals surface area (Å²) in [5, 5.41) is 0. The smallest absolute Gasteiger partial charge is 0.387 e. The highest BCUT2D eigenvalue weighted by atomic mass is 19.3. The third kappa shape index (κ3) is 4.52. The van der Waals surface area contributed by atoms with Gasteiger partial charge in [-0.25, -0.2) is 8.78 Å². The summed E-state index contributed by atoms with van der Waals surface area (Å²) in [7, 11) is 0. The van der Waals surface area contributed by atoms with Gasteiger partial charge in [0.25, 0.3) is 5.92 Å². The number of alkyl halides is 4. The molecule has 0 aliphatic carbocycles. The lowest BCUT2D eigenvalue weighted by Gasteiger charge is -2.26. The number of aliphatic imine (C=N–C) groups is 1. The Labute approximate surface area is 161 Å². The lowest BCUT2D eigenvalue weighted by atomic mass is 10.0. The van der Waals surface area contributed by atoms with Gasteiger partial charge in [0.1, 0.15) is 5.75 Å². The predicted molar refractivity (Wildman–Crippen MR) is 102 cm³/mol. The van der Waals surface area contributed by atoms with Gasteiger partial charge < -0.3 is 9.64 Å². The van der Waals surface area contributed by atoms with E-state index in [1.54, 1.807) is 30.5 Å². The van der Waals surface area contributed by atoms with Gasteiger partial charge >= 0.3 is 6.61 Å².